The Labute approximate surface area is 157 Å². The maximum Gasteiger partial charge on any atom is 0.255 e. The van der Waals surface area contributed by atoms with Crippen LogP contribution in [0.25, 0.3) is 0 Å². The van der Waals surface area contributed by atoms with Crippen molar-refractivity contribution in [2.45, 2.75) is 37.6 Å². The smallest absolute Gasteiger partial charge is 0.255 e. The molecule has 0 aliphatic carbocycles. The van der Waals surface area contributed by atoms with Gasteiger partial charge in [-0.05, 0) is 30.7 Å². The molecule has 8 nitrogen and oxygen atoms in total. The van der Waals surface area contributed by atoms with E-state index >= 15 is 0 Å². The molecule has 0 aromatic heterocycles. The fourth-order valence-electron chi connectivity index (χ4n) is 4.32. The van der Waals surface area contributed by atoms with E-state index in [-0.39, 0.29) is 18.2 Å². The number of carbonyl (C=O) groups is 3. The number of hydrogen-bond donors (Lipinski definition) is 3. The molecule has 1 aromatic carbocycles. The molecule has 8 heteroatoms. The van der Waals surface area contributed by atoms with Gasteiger partial charge in [0, 0.05) is 44.7 Å². The zero-order valence-electron chi connectivity index (χ0n) is 15.3. The van der Waals surface area contributed by atoms with E-state index in [0.29, 0.717) is 44.7 Å². The van der Waals surface area contributed by atoms with Crippen molar-refractivity contribution in [3.63, 3.8) is 0 Å². The molecule has 1 unspecified atom stereocenters. The van der Waals surface area contributed by atoms with E-state index in [4.69, 9.17) is 0 Å². The summed E-state index contributed by atoms with van der Waals surface area (Å²) in [5, 5.41) is 15.6. The molecule has 27 heavy (non-hydrogen) atoms. The summed E-state index contributed by atoms with van der Waals surface area (Å²) in [6, 6.07) is 5.17. The van der Waals surface area contributed by atoms with Gasteiger partial charge in [0.05, 0.1) is 0 Å². The number of hydrogen-bond acceptors (Lipinski definition) is 6. The lowest BCUT2D eigenvalue weighted by Crippen LogP contribution is -2.65. The highest BCUT2D eigenvalue weighted by Crippen LogP contribution is 2.29. The Morgan fingerprint density at radius 3 is 2.78 bits per heavy atom. The first kappa shape index (κ1) is 18.1. The summed E-state index contributed by atoms with van der Waals surface area (Å²) >= 11 is 0. The largest absolute Gasteiger partial charge is 0.386 e. The molecule has 4 rings (SSSR count). The van der Waals surface area contributed by atoms with E-state index in [1.54, 1.807) is 4.90 Å². The van der Waals surface area contributed by atoms with Gasteiger partial charge >= 0.3 is 0 Å². The highest BCUT2D eigenvalue weighted by atomic mass is 16.3. The van der Waals surface area contributed by atoms with Gasteiger partial charge in [0.25, 0.3) is 5.91 Å². The number of likely N-dealkylation sites (N-methyl/N-ethyl adjacent to an activating group) is 1. The van der Waals surface area contributed by atoms with Crippen molar-refractivity contribution in [3.8, 4) is 0 Å². The van der Waals surface area contributed by atoms with Crippen LogP contribution in [0.2, 0.25) is 0 Å². The van der Waals surface area contributed by atoms with Gasteiger partial charge in [-0.15, -0.1) is 0 Å². The van der Waals surface area contributed by atoms with Gasteiger partial charge in [0.1, 0.15) is 11.6 Å². The molecule has 1 atom stereocenters. The summed E-state index contributed by atoms with van der Waals surface area (Å²) in [7, 11) is 1.83. The topological polar surface area (TPSA) is 102 Å². The first-order valence-electron chi connectivity index (χ1n) is 9.24. The monoisotopic (exact) mass is 372 g/mol. The van der Waals surface area contributed by atoms with E-state index in [9.17, 15) is 19.5 Å². The molecule has 3 N–H and O–H groups in total. The maximum absolute atomic E-state index is 12.7. The second kappa shape index (κ2) is 6.70. The number of piperidine rings is 1. The van der Waals surface area contributed by atoms with Crippen molar-refractivity contribution in [1.29, 1.82) is 0 Å². The predicted molar refractivity (Wildman–Crippen MR) is 96.6 cm³/mol. The molecular formula is C19H24N4O4. The van der Waals surface area contributed by atoms with Crippen LogP contribution in [0, 0.1) is 0 Å². The van der Waals surface area contributed by atoms with Gasteiger partial charge in [-0.2, -0.15) is 0 Å². The third kappa shape index (κ3) is 3.36. The van der Waals surface area contributed by atoms with E-state index in [2.05, 4.69) is 15.5 Å². The van der Waals surface area contributed by atoms with Crippen molar-refractivity contribution < 1.29 is 19.5 Å². The average Bonchev–Trinajstić information content (AvgIpc) is 2.90. The highest BCUT2D eigenvalue weighted by molar-refractivity contribution is 6.05. The Morgan fingerprint density at radius 2 is 2.07 bits per heavy atom. The lowest BCUT2D eigenvalue weighted by molar-refractivity contribution is -0.136. The van der Waals surface area contributed by atoms with E-state index in [1.165, 1.54) is 0 Å². The van der Waals surface area contributed by atoms with Crippen LogP contribution in [0.4, 0.5) is 0 Å². The summed E-state index contributed by atoms with van der Waals surface area (Å²) < 4.78 is 0. The molecular weight excluding hydrogens is 348 g/mol. The fraction of sp³-hybridized carbons (Fsp3) is 0.526. The standard InChI is InChI=1S/C19H24N4O4/c1-20-9-19(27)10-22(11-19)7-12-2-3-14-13(6-12)8-23(18(14)26)15-4-5-16(24)21-17(15)25/h2-3,6,15,20,27H,4-5,7-11H2,1H3,(H,21,24,25). The summed E-state index contributed by atoms with van der Waals surface area (Å²) in [4.78, 5) is 39.9. The van der Waals surface area contributed by atoms with Crippen LogP contribution >= 0.6 is 0 Å². The molecule has 3 heterocycles. The summed E-state index contributed by atoms with van der Waals surface area (Å²) in [5.41, 5.74) is 1.95. The fourth-order valence-corrected chi connectivity index (χ4v) is 4.32. The van der Waals surface area contributed by atoms with Crippen molar-refractivity contribution in [2.75, 3.05) is 26.7 Å². The van der Waals surface area contributed by atoms with Crippen LogP contribution in [0.3, 0.4) is 0 Å². The number of β-amino-alcohol motifs (C(OH)–C–C–N with tert-alkyl or cyclic N) is 1. The number of nitrogens with zero attached hydrogens (tertiary/aromatic N) is 2. The number of benzene rings is 1. The number of likely N-dealkylation sites (tertiary alicyclic amines) is 1. The van der Waals surface area contributed by atoms with E-state index in [1.807, 2.05) is 25.2 Å². The van der Waals surface area contributed by atoms with Crippen LogP contribution < -0.4 is 10.6 Å². The van der Waals surface area contributed by atoms with Gasteiger partial charge in [-0.25, -0.2) is 0 Å². The molecule has 2 saturated heterocycles. The van der Waals surface area contributed by atoms with Gasteiger partial charge in [0.2, 0.25) is 11.8 Å². The molecule has 144 valence electrons. The minimum atomic E-state index is -0.663. The summed E-state index contributed by atoms with van der Waals surface area (Å²) in [5.74, 6) is -0.828. The second-order valence-electron chi connectivity index (χ2n) is 7.79. The number of aliphatic hydroxyl groups is 1. The Balaban J connectivity index is 1.42. The van der Waals surface area contributed by atoms with Gasteiger partial charge in [-0.1, -0.05) is 12.1 Å². The molecule has 3 aliphatic heterocycles. The lowest BCUT2D eigenvalue weighted by Gasteiger charge is -2.46. The molecule has 0 bridgehead atoms. The second-order valence-corrected chi connectivity index (χ2v) is 7.79. The Bertz CT molecular complexity index is 803. The van der Waals surface area contributed by atoms with Crippen LogP contribution in [0.1, 0.15) is 34.3 Å². The summed E-state index contributed by atoms with van der Waals surface area (Å²) in [6.07, 6.45) is 0.626. The normalized spacial score (nSPS) is 24.6. The first-order chi connectivity index (χ1) is 12.9. The van der Waals surface area contributed by atoms with Crippen LogP contribution in [0.5, 0.6) is 0 Å². The zero-order valence-corrected chi connectivity index (χ0v) is 15.3. The van der Waals surface area contributed by atoms with Gasteiger partial charge < -0.3 is 15.3 Å². The number of amides is 3. The molecule has 2 fully saturated rings. The minimum absolute atomic E-state index is 0.154. The Kier molecular flexibility index (Phi) is 4.49. The first-order valence-corrected chi connectivity index (χ1v) is 9.24. The minimum Gasteiger partial charge on any atom is -0.386 e. The third-order valence-corrected chi connectivity index (χ3v) is 5.54. The number of rotatable bonds is 5. The van der Waals surface area contributed by atoms with Crippen molar-refractivity contribution in [2.24, 2.45) is 0 Å². The number of nitrogens with one attached hydrogen (secondary N) is 2. The van der Waals surface area contributed by atoms with Gasteiger partial charge in [-0.3, -0.25) is 24.6 Å². The number of carbonyl (C=O) groups excluding carboxylic acids is 3. The van der Waals surface area contributed by atoms with Crippen LogP contribution in [-0.2, 0) is 22.7 Å². The number of imide groups is 1. The van der Waals surface area contributed by atoms with Crippen LogP contribution in [0.15, 0.2) is 18.2 Å². The molecule has 0 spiro atoms. The molecule has 3 aliphatic rings. The van der Waals surface area contributed by atoms with Crippen molar-refractivity contribution in [3.05, 3.63) is 34.9 Å². The molecule has 3 amide bonds. The van der Waals surface area contributed by atoms with Crippen molar-refractivity contribution >= 4 is 17.7 Å². The quantitative estimate of drug-likeness (QED) is 0.586. The third-order valence-electron chi connectivity index (χ3n) is 5.54. The summed E-state index contributed by atoms with van der Waals surface area (Å²) in [6.45, 7) is 2.91. The zero-order chi connectivity index (χ0) is 19.2. The van der Waals surface area contributed by atoms with Gasteiger partial charge in [0.15, 0.2) is 0 Å². The highest BCUT2D eigenvalue weighted by Gasteiger charge is 2.41. The average molecular weight is 372 g/mol. The predicted octanol–water partition coefficient (Wildman–Crippen LogP) is -0.786. The number of fused-ring (bicyclic) bond motifs is 1. The van der Waals surface area contributed by atoms with Crippen molar-refractivity contribution in [1.82, 2.24) is 20.4 Å². The molecule has 0 radical (unpaired) electrons. The maximum atomic E-state index is 12.7. The lowest BCUT2D eigenvalue weighted by atomic mass is 9.93. The molecule has 1 aromatic rings. The van der Waals surface area contributed by atoms with Crippen LogP contribution in [-0.4, -0.2) is 71.0 Å². The van der Waals surface area contributed by atoms with E-state index < -0.39 is 17.6 Å². The van der Waals surface area contributed by atoms with E-state index in [0.717, 1.165) is 11.1 Å². The molecule has 0 saturated carbocycles. The SMILES string of the molecule is CNCC1(O)CN(Cc2ccc3c(c2)CN(C2CCC(=O)NC2=O)C3=O)C1. The Hall–Kier alpha value is -2.29. The Morgan fingerprint density at radius 1 is 1.30 bits per heavy atom.